The lowest BCUT2D eigenvalue weighted by Crippen LogP contribution is -2.60. The molecule has 0 radical (unpaired) electrons. The number of alkyl halides is 1. The zero-order valence-electron chi connectivity index (χ0n) is 19.9. The molecule has 8 nitrogen and oxygen atoms in total. The van der Waals surface area contributed by atoms with E-state index in [-0.39, 0.29) is 23.9 Å². The van der Waals surface area contributed by atoms with E-state index in [2.05, 4.69) is 22.5 Å². The number of aliphatic carboxylic acids is 1. The van der Waals surface area contributed by atoms with Gasteiger partial charge in [0.25, 0.3) is 5.91 Å². The third kappa shape index (κ3) is 3.82. The minimum Gasteiger partial charge on any atom is -0.481 e. The first-order chi connectivity index (χ1) is 16.5. The van der Waals surface area contributed by atoms with E-state index >= 15 is 0 Å². The first-order valence-corrected chi connectivity index (χ1v) is 13.0. The Labute approximate surface area is 218 Å². The monoisotopic (exact) mass is 568 g/mol. The summed E-state index contributed by atoms with van der Waals surface area (Å²) in [5.41, 5.74) is -0.0832. The average Bonchev–Trinajstić information content (AvgIpc) is 3.37. The molecule has 2 N–H and O–H groups in total. The number of halogens is 2. The number of anilines is 1. The number of rotatable bonds is 8. The Morgan fingerprint density at radius 2 is 2.11 bits per heavy atom. The number of aryl methyl sites for hydroxylation is 1. The number of para-hydroxylation sites is 1. The van der Waals surface area contributed by atoms with E-state index in [0.717, 1.165) is 5.56 Å². The summed E-state index contributed by atoms with van der Waals surface area (Å²) < 4.78 is 6.33. The van der Waals surface area contributed by atoms with Crippen molar-refractivity contribution in [1.29, 1.82) is 0 Å². The largest absolute Gasteiger partial charge is 0.481 e. The molecule has 35 heavy (non-hydrogen) atoms. The zero-order chi connectivity index (χ0) is 25.8. The number of aliphatic hydroxyl groups excluding tert-OH is 1. The highest BCUT2D eigenvalue weighted by Gasteiger charge is 2.77. The first kappa shape index (κ1) is 26.1. The summed E-state index contributed by atoms with van der Waals surface area (Å²) in [6.07, 6.45) is 1.13. The first-order valence-electron chi connectivity index (χ1n) is 11.7. The number of carbonyl (C=O) groups is 3. The smallest absolute Gasteiger partial charge is 0.310 e. The van der Waals surface area contributed by atoms with Crippen molar-refractivity contribution in [2.24, 2.45) is 17.8 Å². The number of benzene rings is 1. The van der Waals surface area contributed by atoms with Gasteiger partial charge in [-0.25, -0.2) is 0 Å². The number of carboxylic acids is 1. The standard InChI is InChI=1S/C25H30BrClN2O6/c1-5-9-28(19-13(4)7-6-8-15(19)27)23(32)21-25-10-14(26)20(35-25)17(24(33)34)18(25)22(31)29(21)16(11-30)12(2)3/h5-8,12,14,16-18,20-21,30H,1,9-11H2,2-4H3,(H,33,34)/t14?,16-,17+,18-,20+,21+,25-/m0/s1. The van der Waals surface area contributed by atoms with Crippen molar-refractivity contribution < 1.29 is 29.3 Å². The Bertz CT molecular complexity index is 1050. The van der Waals surface area contributed by atoms with Gasteiger partial charge in [0.2, 0.25) is 5.91 Å². The highest BCUT2D eigenvalue weighted by Crippen LogP contribution is 2.60. The van der Waals surface area contributed by atoms with Crippen molar-refractivity contribution in [2.75, 3.05) is 18.1 Å². The minimum atomic E-state index is -1.34. The van der Waals surface area contributed by atoms with E-state index in [4.69, 9.17) is 16.3 Å². The summed E-state index contributed by atoms with van der Waals surface area (Å²) in [7, 11) is 0. The molecule has 3 saturated heterocycles. The van der Waals surface area contributed by atoms with Gasteiger partial charge in [-0.2, -0.15) is 0 Å². The van der Waals surface area contributed by atoms with Gasteiger partial charge in [-0.3, -0.25) is 14.4 Å². The van der Waals surface area contributed by atoms with E-state index in [1.54, 1.807) is 18.2 Å². The second kappa shape index (κ2) is 9.50. The van der Waals surface area contributed by atoms with Crippen LogP contribution in [0.5, 0.6) is 0 Å². The van der Waals surface area contributed by atoms with Crippen molar-refractivity contribution in [1.82, 2.24) is 4.90 Å². The summed E-state index contributed by atoms with van der Waals surface area (Å²) in [6.45, 7) is 9.07. The van der Waals surface area contributed by atoms with Crippen LogP contribution < -0.4 is 4.90 Å². The van der Waals surface area contributed by atoms with Gasteiger partial charge in [-0.05, 0) is 30.9 Å². The lowest BCUT2D eigenvalue weighted by Gasteiger charge is -2.40. The number of ether oxygens (including phenoxy) is 1. The molecule has 1 aromatic carbocycles. The molecule has 0 aliphatic carbocycles. The number of likely N-dealkylation sites (tertiary alicyclic amines) is 1. The quantitative estimate of drug-likeness (QED) is 0.368. The Hall–Kier alpha value is -1.94. The highest BCUT2D eigenvalue weighted by atomic mass is 79.9. The van der Waals surface area contributed by atoms with Gasteiger partial charge >= 0.3 is 5.97 Å². The van der Waals surface area contributed by atoms with Gasteiger partial charge in [-0.15, -0.1) is 6.58 Å². The van der Waals surface area contributed by atoms with E-state index < -0.39 is 53.4 Å². The maximum absolute atomic E-state index is 14.4. The number of nitrogens with zero attached hydrogens (tertiary/aromatic N) is 2. The molecule has 3 aliphatic heterocycles. The third-order valence-corrected chi connectivity index (χ3v) is 8.75. The topological polar surface area (TPSA) is 107 Å². The predicted octanol–water partition coefficient (Wildman–Crippen LogP) is 3.02. The molecule has 1 unspecified atom stereocenters. The SMILES string of the molecule is C=CCN(C(=O)[C@H]1N([C@@H](CO)C(C)C)C(=O)[C@@H]2[C@@H](C(=O)O)[C@@H]3O[C@@]21CC3Br)c1c(C)cccc1Cl. The van der Waals surface area contributed by atoms with Crippen LogP contribution in [0.1, 0.15) is 25.8 Å². The molecule has 2 bridgehead atoms. The molecule has 4 rings (SSSR count). The van der Waals surface area contributed by atoms with Crippen LogP contribution in [-0.2, 0) is 19.1 Å². The van der Waals surface area contributed by atoms with Crippen molar-refractivity contribution in [2.45, 2.75) is 55.8 Å². The Kier molecular flexibility index (Phi) is 7.09. The minimum absolute atomic E-state index is 0.123. The van der Waals surface area contributed by atoms with Crippen LogP contribution >= 0.6 is 27.5 Å². The summed E-state index contributed by atoms with van der Waals surface area (Å²) >= 11 is 10.1. The fourth-order valence-electron chi connectivity index (χ4n) is 6.14. The lowest BCUT2D eigenvalue weighted by molar-refractivity contribution is -0.151. The zero-order valence-corrected chi connectivity index (χ0v) is 22.2. The third-order valence-electron chi connectivity index (χ3n) is 7.60. The van der Waals surface area contributed by atoms with Crippen LogP contribution in [0.4, 0.5) is 5.69 Å². The summed E-state index contributed by atoms with van der Waals surface area (Å²) in [6, 6.07) is 3.47. The van der Waals surface area contributed by atoms with Crippen LogP contribution in [0, 0.1) is 24.7 Å². The van der Waals surface area contributed by atoms with Crippen LogP contribution in [0.15, 0.2) is 30.9 Å². The van der Waals surface area contributed by atoms with Crippen LogP contribution in [0.25, 0.3) is 0 Å². The molecular weight excluding hydrogens is 540 g/mol. The normalized spacial score (nSPS) is 32.1. The summed E-state index contributed by atoms with van der Waals surface area (Å²) in [5, 5.41) is 20.7. The molecular formula is C25H30BrClN2O6. The predicted molar refractivity (Wildman–Crippen MR) is 135 cm³/mol. The molecule has 2 amide bonds. The number of amides is 2. The molecule has 10 heteroatoms. The number of carboxylic acid groups (broad SMARTS) is 1. The van der Waals surface area contributed by atoms with Gasteiger partial charge in [0.15, 0.2) is 0 Å². The summed E-state index contributed by atoms with van der Waals surface area (Å²) in [5.74, 6) is -4.37. The van der Waals surface area contributed by atoms with E-state index in [1.165, 1.54) is 9.80 Å². The number of hydrogen-bond donors (Lipinski definition) is 2. The Morgan fingerprint density at radius 3 is 2.66 bits per heavy atom. The molecule has 190 valence electrons. The van der Waals surface area contributed by atoms with E-state index in [0.29, 0.717) is 17.1 Å². The number of fused-ring (bicyclic) bond motifs is 1. The van der Waals surface area contributed by atoms with Crippen LogP contribution in [0.2, 0.25) is 5.02 Å². The second-order valence-electron chi connectivity index (χ2n) is 9.88. The van der Waals surface area contributed by atoms with Gasteiger partial charge in [0.05, 0.1) is 41.3 Å². The van der Waals surface area contributed by atoms with Crippen LogP contribution in [0.3, 0.4) is 0 Å². The molecule has 1 spiro atoms. The number of hydrogen-bond acceptors (Lipinski definition) is 5. The molecule has 0 saturated carbocycles. The van der Waals surface area contributed by atoms with E-state index in [1.807, 2.05) is 26.8 Å². The van der Waals surface area contributed by atoms with Crippen molar-refractivity contribution in [3.8, 4) is 0 Å². The molecule has 3 heterocycles. The fourth-order valence-corrected chi connectivity index (χ4v) is 7.41. The molecule has 3 fully saturated rings. The lowest BCUT2D eigenvalue weighted by atomic mass is 9.70. The second-order valence-corrected chi connectivity index (χ2v) is 11.5. The van der Waals surface area contributed by atoms with Crippen LogP contribution in [-0.4, -0.2) is 74.7 Å². The van der Waals surface area contributed by atoms with Gasteiger partial charge in [0, 0.05) is 11.4 Å². The highest BCUT2D eigenvalue weighted by molar-refractivity contribution is 9.09. The van der Waals surface area contributed by atoms with Gasteiger partial charge < -0.3 is 24.7 Å². The van der Waals surface area contributed by atoms with Crippen molar-refractivity contribution in [3.63, 3.8) is 0 Å². The Balaban J connectivity index is 1.90. The Morgan fingerprint density at radius 1 is 1.43 bits per heavy atom. The number of carbonyl (C=O) groups excluding carboxylic acids is 2. The number of aliphatic hydroxyl groups is 1. The van der Waals surface area contributed by atoms with Crippen molar-refractivity contribution >= 4 is 51.0 Å². The summed E-state index contributed by atoms with van der Waals surface area (Å²) in [4.78, 5) is 43.2. The molecule has 7 atom stereocenters. The van der Waals surface area contributed by atoms with Gasteiger partial charge in [-0.1, -0.05) is 59.6 Å². The van der Waals surface area contributed by atoms with Gasteiger partial charge in [0.1, 0.15) is 11.6 Å². The molecule has 0 aromatic heterocycles. The maximum atomic E-state index is 14.4. The molecule has 1 aromatic rings. The van der Waals surface area contributed by atoms with Crippen molar-refractivity contribution in [3.05, 3.63) is 41.4 Å². The molecule has 3 aliphatic rings. The fraction of sp³-hybridized carbons (Fsp3) is 0.560. The van der Waals surface area contributed by atoms with E-state index in [9.17, 15) is 24.6 Å². The average molecular weight is 570 g/mol. The maximum Gasteiger partial charge on any atom is 0.310 e.